The highest BCUT2D eigenvalue weighted by atomic mass is 16.5. The molecule has 0 bridgehead atoms. The van der Waals surface area contributed by atoms with E-state index in [0.29, 0.717) is 25.7 Å². The van der Waals surface area contributed by atoms with Gasteiger partial charge in [0.15, 0.2) is 0 Å². The molecule has 0 spiro atoms. The number of aliphatic imine (C=N–C) groups is 1. The Morgan fingerprint density at radius 3 is 2.69 bits per heavy atom. The van der Waals surface area contributed by atoms with Crippen LogP contribution in [0.2, 0.25) is 0 Å². The number of ether oxygens (including phenoxy) is 2. The van der Waals surface area contributed by atoms with Crippen molar-refractivity contribution in [1.29, 1.82) is 0 Å². The third kappa shape index (κ3) is 4.95. The van der Waals surface area contributed by atoms with Crippen molar-refractivity contribution in [2.75, 3.05) is 19.8 Å². The van der Waals surface area contributed by atoms with Gasteiger partial charge in [0, 0.05) is 12.1 Å². The lowest BCUT2D eigenvalue weighted by atomic mass is 10.0. The van der Waals surface area contributed by atoms with E-state index in [2.05, 4.69) is 9.89 Å². The van der Waals surface area contributed by atoms with Gasteiger partial charge in [0.05, 0.1) is 0 Å². The Morgan fingerprint density at radius 2 is 1.93 bits per heavy atom. The van der Waals surface area contributed by atoms with E-state index in [0.717, 1.165) is 42.7 Å². The molecule has 2 atom stereocenters. The molecule has 2 aliphatic heterocycles. The topological polar surface area (TPSA) is 71.4 Å². The zero-order chi connectivity index (χ0) is 20.1. The number of carbonyl (C=O) groups is 1. The van der Waals surface area contributed by atoms with E-state index in [4.69, 9.17) is 9.47 Å². The average molecular weight is 394 g/mol. The summed E-state index contributed by atoms with van der Waals surface area (Å²) in [4.78, 5) is 18.1. The van der Waals surface area contributed by atoms with Crippen LogP contribution >= 0.6 is 0 Å². The largest absolute Gasteiger partial charge is 0.491 e. The van der Waals surface area contributed by atoms with Gasteiger partial charge in [-0.15, -0.1) is 0 Å². The quantitative estimate of drug-likeness (QED) is 0.780. The van der Waals surface area contributed by atoms with Crippen molar-refractivity contribution in [2.45, 2.75) is 37.9 Å². The van der Waals surface area contributed by atoms with Gasteiger partial charge in [-0.2, -0.15) is 0 Å². The summed E-state index contributed by atoms with van der Waals surface area (Å²) in [6, 6.07) is 17.4. The standard InChI is InChI=1S/C23H26N2O4/c26-23(27)21-8-4-5-13-25(21)14-17-9-11-20(12-10-17)28-15-19-16-29-22(24-19)18-6-2-1-3-7-18/h1-3,6-7,9-12,19,21H,4-5,8,13-16H2,(H,26,27). The Kier molecular flexibility index (Phi) is 6.10. The van der Waals surface area contributed by atoms with Gasteiger partial charge < -0.3 is 14.6 Å². The summed E-state index contributed by atoms with van der Waals surface area (Å²) < 4.78 is 11.6. The van der Waals surface area contributed by atoms with Crippen molar-refractivity contribution in [3.05, 3.63) is 65.7 Å². The Bertz CT molecular complexity index is 851. The van der Waals surface area contributed by atoms with Crippen LogP contribution in [-0.2, 0) is 16.1 Å². The van der Waals surface area contributed by atoms with Crippen LogP contribution in [0.5, 0.6) is 5.75 Å². The van der Waals surface area contributed by atoms with Crippen LogP contribution in [0.3, 0.4) is 0 Å². The molecular weight excluding hydrogens is 368 g/mol. The number of rotatable bonds is 7. The molecule has 152 valence electrons. The van der Waals surface area contributed by atoms with E-state index in [1.807, 2.05) is 54.6 Å². The van der Waals surface area contributed by atoms with E-state index >= 15 is 0 Å². The van der Waals surface area contributed by atoms with Gasteiger partial charge in [-0.1, -0.05) is 36.8 Å². The van der Waals surface area contributed by atoms with E-state index < -0.39 is 5.97 Å². The maximum absolute atomic E-state index is 11.5. The highest BCUT2D eigenvalue weighted by molar-refractivity contribution is 5.95. The van der Waals surface area contributed by atoms with E-state index in [-0.39, 0.29) is 12.1 Å². The lowest BCUT2D eigenvalue weighted by molar-refractivity contribution is -0.144. The second-order valence-corrected chi connectivity index (χ2v) is 7.54. The Labute approximate surface area is 170 Å². The normalized spacial score (nSPS) is 22.0. The minimum atomic E-state index is -0.723. The van der Waals surface area contributed by atoms with Crippen LogP contribution in [0.1, 0.15) is 30.4 Å². The number of nitrogens with zero attached hydrogens (tertiary/aromatic N) is 2. The maximum atomic E-state index is 11.5. The summed E-state index contributed by atoms with van der Waals surface area (Å²) in [5.41, 5.74) is 2.08. The Balaban J connectivity index is 1.30. The van der Waals surface area contributed by atoms with Crippen LogP contribution in [0.25, 0.3) is 0 Å². The van der Waals surface area contributed by atoms with Crippen molar-refractivity contribution in [2.24, 2.45) is 4.99 Å². The highest BCUT2D eigenvalue weighted by Gasteiger charge is 2.28. The van der Waals surface area contributed by atoms with Gasteiger partial charge in [-0.3, -0.25) is 9.69 Å². The first kappa shape index (κ1) is 19.5. The number of aliphatic carboxylic acids is 1. The van der Waals surface area contributed by atoms with Crippen LogP contribution < -0.4 is 4.74 Å². The molecule has 2 aromatic rings. The number of carboxylic acid groups (broad SMARTS) is 1. The molecule has 1 saturated heterocycles. The van der Waals surface area contributed by atoms with E-state index in [9.17, 15) is 9.90 Å². The number of benzene rings is 2. The number of piperidine rings is 1. The highest BCUT2D eigenvalue weighted by Crippen LogP contribution is 2.21. The molecule has 0 radical (unpaired) electrons. The minimum absolute atomic E-state index is 0.0189. The molecule has 0 aliphatic carbocycles. The smallest absolute Gasteiger partial charge is 0.320 e. The molecule has 1 N–H and O–H groups in total. The predicted molar refractivity (Wildman–Crippen MR) is 110 cm³/mol. The molecule has 0 saturated carbocycles. The zero-order valence-corrected chi connectivity index (χ0v) is 16.4. The number of hydrogen-bond acceptors (Lipinski definition) is 5. The van der Waals surface area contributed by atoms with Gasteiger partial charge >= 0.3 is 5.97 Å². The molecule has 1 fully saturated rings. The fourth-order valence-corrected chi connectivity index (χ4v) is 3.82. The fourth-order valence-electron chi connectivity index (χ4n) is 3.82. The second-order valence-electron chi connectivity index (χ2n) is 7.54. The number of carboxylic acids is 1. The lowest BCUT2D eigenvalue weighted by Crippen LogP contribution is -2.43. The van der Waals surface area contributed by atoms with Crippen LogP contribution in [0.15, 0.2) is 59.6 Å². The van der Waals surface area contributed by atoms with Crippen LogP contribution in [-0.4, -0.2) is 53.7 Å². The summed E-state index contributed by atoms with van der Waals surface area (Å²) in [7, 11) is 0. The molecule has 29 heavy (non-hydrogen) atoms. The van der Waals surface area contributed by atoms with Gasteiger partial charge in [-0.05, 0) is 49.2 Å². The zero-order valence-electron chi connectivity index (χ0n) is 16.4. The Morgan fingerprint density at radius 1 is 1.14 bits per heavy atom. The Hall–Kier alpha value is -2.86. The number of hydrogen-bond donors (Lipinski definition) is 1. The summed E-state index contributed by atoms with van der Waals surface area (Å²) >= 11 is 0. The van der Waals surface area contributed by atoms with Crippen molar-refractivity contribution >= 4 is 11.9 Å². The molecule has 2 unspecified atom stereocenters. The SMILES string of the molecule is O=C(O)C1CCCCN1Cc1ccc(OCC2COC(c3ccccc3)=N2)cc1. The molecule has 0 aromatic heterocycles. The fraction of sp³-hybridized carbons (Fsp3) is 0.391. The maximum Gasteiger partial charge on any atom is 0.320 e. The first-order valence-corrected chi connectivity index (χ1v) is 10.1. The van der Waals surface area contributed by atoms with Gasteiger partial charge in [0.25, 0.3) is 0 Å². The lowest BCUT2D eigenvalue weighted by Gasteiger charge is -2.32. The number of likely N-dealkylation sites (tertiary alicyclic amines) is 1. The van der Waals surface area contributed by atoms with Gasteiger partial charge in [0.1, 0.15) is 31.0 Å². The molecule has 6 nitrogen and oxygen atoms in total. The molecule has 4 rings (SSSR count). The van der Waals surface area contributed by atoms with Gasteiger partial charge in [0.2, 0.25) is 5.90 Å². The molecule has 2 aromatic carbocycles. The summed E-state index contributed by atoms with van der Waals surface area (Å²) in [6.45, 7) is 2.47. The summed E-state index contributed by atoms with van der Waals surface area (Å²) in [5.74, 6) is 0.730. The van der Waals surface area contributed by atoms with Gasteiger partial charge in [-0.25, -0.2) is 4.99 Å². The van der Waals surface area contributed by atoms with Crippen molar-refractivity contribution in [1.82, 2.24) is 4.90 Å². The first-order chi connectivity index (χ1) is 14.2. The van der Waals surface area contributed by atoms with Crippen LogP contribution in [0, 0.1) is 0 Å². The second kappa shape index (κ2) is 9.09. The third-order valence-electron chi connectivity index (χ3n) is 5.38. The molecule has 2 aliphatic rings. The van der Waals surface area contributed by atoms with Crippen molar-refractivity contribution in [3.8, 4) is 5.75 Å². The summed E-state index contributed by atoms with van der Waals surface area (Å²) in [6.07, 6.45) is 2.77. The molecule has 0 amide bonds. The minimum Gasteiger partial charge on any atom is -0.491 e. The van der Waals surface area contributed by atoms with Crippen molar-refractivity contribution < 1.29 is 19.4 Å². The summed E-state index contributed by atoms with van der Waals surface area (Å²) in [5, 5.41) is 9.41. The monoisotopic (exact) mass is 394 g/mol. The first-order valence-electron chi connectivity index (χ1n) is 10.1. The molecule has 6 heteroatoms. The molecular formula is C23H26N2O4. The molecule has 2 heterocycles. The third-order valence-corrected chi connectivity index (χ3v) is 5.38. The predicted octanol–water partition coefficient (Wildman–Crippen LogP) is 3.35. The van der Waals surface area contributed by atoms with E-state index in [1.165, 1.54) is 0 Å². The van der Waals surface area contributed by atoms with Crippen molar-refractivity contribution in [3.63, 3.8) is 0 Å². The average Bonchev–Trinajstić information content (AvgIpc) is 3.23. The van der Waals surface area contributed by atoms with E-state index in [1.54, 1.807) is 0 Å². The van der Waals surface area contributed by atoms with Crippen LogP contribution in [0.4, 0.5) is 0 Å².